The van der Waals surface area contributed by atoms with E-state index in [0.717, 1.165) is 31.9 Å². The monoisotopic (exact) mass is 277 g/mol. The van der Waals surface area contributed by atoms with Crippen LogP contribution in [0, 0.1) is 11.3 Å². The second-order valence-electron chi connectivity index (χ2n) is 6.25. The SMILES string of the molecule is CCCNCC(C)(CCCOc1ccccc1)C(C)C. The van der Waals surface area contributed by atoms with Crippen LogP contribution in [-0.2, 0) is 0 Å². The minimum atomic E-state index is 0.356. The summed E-state index contributed by atoms with van der Waals surface area (Å²) >= 11 is 0. The first kappa shape index (κ1) is 17.0. The van der Waals surface area contributed by atoms with E-state index in [9.17, 15) is 0 Å². The molecule has 0 saturated heterocycles. The van der Waals surface area contributed by atoms with Crippen LogP contribution in [0.2, 0.25) is 0 Å². The van der Waals surface area contributed by atoms with E-state index in [2.05, 4.69) is 33.0 Å². The normalized spacial score (nSPS) is 14.2. The van der Waals surface area contributed by atoms with Crippen LogP contribution in [0.3, 0.4) is 0 Å². The van der Waals surface area contributed by atoms with Gasteiger partial charge in [-0.25, -0.2) is 0 Å². The summed E-state index contributed by atoms with van der Waals surface area (Å²) in [7, 11) is 0. The fraction of sp³-hybridized carbons (Fsp3) is 0.667. The zero-order valence-corrected chi connectivity index (χ0v) is 13.6. The average molecular weight is 277 g/mol. The summed E-state index contributed by atoms with van der Waals surface area (Å²) in [6.45, 7) is 12.3. The van der Waals surface area contributed by atoms with Gasteiger partial charge in [-0.2, -0.15) is 0 Å². The molecule has 0 aliphatic rings. The summed E-state index contributed by atoms with van der Waals surface area (Å²) in [5.41, 5.74) is 0.356. The quantitative estimate of drug-likeness (QED) is 0.635. The molecule has 20 heavy (non-hydrogen) atoms. The summed E-state index contributed by atoms with van der Waals surface area (Å²) in [4.78, 5) is 0. The molecule has 0 spiro atoms. The highest BCUT2D eigenvalue weighted by Gasteiger charge is 2.27. The zero-order valence-electron chi connectivity index (χ0n) is 13.6. The first-order chi connectivity index (χ1) is 9.58. The van der Waals surface area contributed by atoms with Crippen molar-refractivity contribution in [3.05, 3.63) is 30.3 Å². The van der Waals surface area contributed by atoms with Gasteiger partial charge in [0.25, 0.3) is 0 Å². The molecule has 1 aromatic carbocycles. The molecule has 0 aromatic heterocycles. The molecule has 0 radical (unpaired) electrons. The molecule has 0 heterocycles. The summed E-state index contributed by atoms with van der Waals surface area (Å²) in [5.74, 6) is 1.66. The predicted molar refractivity (Wildman–Crippen MR) is 87.3 cm³/mol. The Hall–Kier alpha value is -1.02. The summed E-state index contributed by atoms with van der Waals surface area (Å²) in [6.07, 6.45) is 3.51. The van der Waals surface area contributed by atoms with E-state index in [0.29, 0.717) is 11.3 Å². The Morgan fingerprint density at radius 2 is 1.90 bits per heavy atom. The molecule has 114 valence electrons. The van der Waals surface area contributed by atoms with Crippen molar-refractivity contribution in [1.82, 2.24) is 5.32 Å². The van der Waals surface area contributed by atoms with Gasteiger partial charge in [-0.15, -0.1) is 0 Å². The maximum atomic E-state index is 5.79. The van der Waals surface area contributed by atoms with Gasteiger partial charge in [0.1, 0.15) is 5.75 Å². The zero-order chi connectivity index (χ0) is 14.8. The molecular weight excluding hydrogens is 246 g/mol. The first-order valence-corrected chi connectivity index (χ1v) is 7.97. The number of rotatable bonds is 10. The van der Waals surface area contributed by atoms with E-state index in [1.54, 1.807) is 0 Å². The molecule has 1 unspecified atom stereocenters. The van der Waals surface area contributed by atoms with Gasteiger partial charge in [-0.05, 0) is 49.3 Å². The Kier molecular flexibility index (Phi) is 7.68. The van der Waals surface area contributed by atoms with Gasteiger partial charge in [-0.3, -0.25) is 0 Å². The molecule has 2 nitrogen and oxygen atoms in total. The number of benzene rings is 1. The van der Waals surface area contributed by atoms with Crippen LogP contribution in [0.1, 0.15) is 47.0 Å². The molecule has 0 amide bonds. The lowest BCUT2D eigenvalue weighted by Gasteiger charge is -2.34. The second-order valence-corrected chi connectivity index (χ2v) is 6.25. The predicted octanol–water partition coefficient (Wildman–Crippen LogP) is 4.51. The number of hydrogen-bond acceptors (Lipinski definition) is 2. The molecule has 0 aliphatic heterocycles. The minimum absolute atomic E-state index is 0.356. The smallest absolute Gasteiger partial charge is 0.119 e. The summed E-state index contributed by atoms with van der Waals surface area (Å²) < 4.78 is 5.79. The van der Waals surface area contributed by atoms with Crippen molar-refractivity contribution < 1.29 is 4.74 Å². The van der Waals surface area contributed by atoms with Gasteiger partial charge in [0.2, 0.25) is 0 Å². The fourth-order valence-corrected chi connectivity index (χ4v) is 2.31. The Morgan fingerprint density at radius 3 is 2.50 bits per heavy atom. The van der Waals surface area contributed by atoms with Crippen LogP contribution in [0.15, 0.2) is 30.3 Å². The van der Waals surface area contributed by atoms with E-state index in [-0.39, 0.29) is 0 Å². The first-order valence-electron chi connectivity index (χ1n) is 7.97. The summed E-state index contributed by atoms with van der Waals surface area (Å²) in [5, 5.41) is 3.57. The van der Waals surface area contributed by atoms with Crippen molar-refractivity contribution in [3.8, 4) is 5.75 Å². The highest BCUT2D eigenvalue weighted by molar-refractivity contribution is 5.20. The van der Waals surface area contributed by atoms with Gasteiger partial charge in [0.15, 0.2) is 0 Å². The van der Waals surface area contributed by atoms with Crippen molar-refractivity contribution in [2.45, 2.75) is 47.0 Å². The number of hydrogen-bond donors (Lipinski definition) is 1. The molecule has 0 fully saturated rings. The van der Waals surface area contributed by atoms with Crippen molar-refractivity contribution in [2.24, 2.45) is 11.3 Å². The average Bonchev–Trinajstić information content (AvgIpc) is 2.45. The van der Waals surface area contributed by atoms with Gasteiger partial charge in [0, 0.05) is 6.54 Å². The van der Waals surface area contributed by atoms with Crippen molar-refractivity contribution in [2.75, 3.05) is 19.7 Å². The fourth-order valence-electron chi connectivity index (χ4n) is 2.31. The third-order valence-corrected chi connectivity index (χ3v) is 4.25. The van der Waals surface area contributed by atoms with Crippen LogP contribution in [0.5, 0.6) is 5.75 Å². The Balaban J connectivity index is 2.31. The van der Waals surface area contributed by atoms with E-state index < -0.39 is 0 Å². The molecular formula is C18H31NO. The Bertz CT molecular complexity index is 350. The largest absolute Gasteiger partial charge is 0.494 e. The molecule has 0 aliphatic carbocycles. The molecule has 1 N–H and O–H groups in total. The maximum absolute atomic E-state index is 5.79. The van der Waals surface area contributed by atoms with Crippen molar-refractivity contribution in [3.63, 3.8) is 0 Å². The standard InChI is InChI=1S/C18H31NO/c1-5-13-19-15-18(4,16(2)3)12-9-14-20-17-10-7-6-8-11-17/h6-8,10-11,16,19H,5,9,12-15H2,1-4H3. The van der Waals surface area contributed by atoms with Gasteiger partial charge >= 0.3 is 0 Å². The van der Waals surface area contributed by atoms with Crippen LogP contribution in [-0.4, -0.2) is 19.7 Å². The van der Waals surface area contributed by atoms with Crippen molar-refractivity contribution >= 4 is 0 Å². The Labute approximate surface area is 124 Å². The highest BCUT2D eigenvalue weighted by atomic mass is 16.5. The summed E-state index contributed by atoms with van der Waals surface area (Å²) in [6, 6.07) is 10.1. The van der Waals surface area contributed by atoms with Crippen LogP contribution in [0.4, 0.5) is 0 Å². The third kappa shape index (κ3) is 5.96. The molecule has 2 heteroatoms. The van der Waals surface area contributed by atoms with Crippen LogP contribution in [0.25, 0.3) is 0 Å². The van der Waals surface area contributed by atoms with Crippen molar-refractivity contribution in [1.29, 1.82) is 0 Å². The van der Waals surface area contributed by atoms with E-state index in [1.165, 1.54) is 12.8 Å². The lowest BCUT2D eigenvalue weighted by atomic mass is 9.75. The van der Waals surface area contributed by atoms with Gasteiger partial charge in [0.05, 0.1) is 6.61 Å². The number of nitrogens with one attached hydrogen (secondary N) is 1. The second kappa shape index (κ2) is 9.02. The molecule has 0 bridgehead atoms. The van der Waals surface area contributed by atoms with E-state index in [4.69, 9.17) is 4.74 Å². The van der Waals surface area contributed by atoms with Crippen LogP contribution < -0.4 is 10.1 Å². The lowest BCUT2D eigenvalue weighted by molar-refractivity contribution is 0.171. The third-order valence-electron chi connectivity index (χ3n) is 4.25. The number of ether oxygens (including phenoxy) is 1. The number of para-hydroxylation sites is 1. The van der Waals surface area contributed by atoms with Crippen LogP contribution >= 0.6 is 0 Å². The molecule has 1 rings (SSSR count). The lowest BCUT2D eigenvalue weighted by Crippen LogP contribution is -2.36. The van der Waals surface area contributed by atoms with Gasteiger partial charge < -0.3 is 10.1 Å². The van der Waals surface area contributed by atoms with Gasteiger partial charge in [-0.1, -0.05) is 45.9 Å². The van der Waals surface area contributed by atoms with E-state index in [1.807, 2.05) is 30.3 Å². The topological polar surface area (TPSA) is 21.3 Å². The van der Waals surface area contributed by atoms with E-state index >= 15 is 0 Å². The molecule has 0 saturated carbocycles. The highest BCUT2D eigenvalue weighted by Crippen LogP contribution is 2.31. The molecule has 1 atom stereocenters. The maximum Gasteiger partial charge on any atom is 0.119 e. The minimum Gasteiger partial charge on any atom is -0.494 e. The molecule has 1 aromatic rings. The Morgan fingerprint density at radius 1 is 1.20 bits per heavy atom.